The van der Waals surface area contributed by atoms with Crippen molar-refractivity contribution in [3.05, 3.63) is 28.3 Å². The molecular formula is C10H14BNO4S. The number of nitro benzene ring substituents is 1. The van der Waals surface area contributed by atoms with Crippen LogP contribution in [-0.2, 0) is 9.84 Å². The minimum Gasteiger partial charge on any atom is -0.258 e. The van der Waals surface area contributed by atoms with Crippen molar-refractivity contribution in [2.75, 3.05) is 0 Å². The number of sulfone groups is 1. The average molecular weight is 255 g/mol. The van der Waals surface area contributed by atoms with E-state index < -0.39 is 20.0 Å². The fraction of sp³-hybridized carbons (Fsp3) is 0.400. The van der Waals surface area contributed by atoms with Gasteiger partial charge in [0.2, 0.25) is 0 Å². The van der Waals surface area contributed by atoms with Crippen molar-refractivity contribution in [2.24, 2.45) is 0 Å². The van der Waals surface area contributed by atoms with Crippen LogP contribution in [-0.4, -0.2) is 26.4 Å². The molecule has 1 aromatic carbocycles. The molecule has 1 atom stereocenters. The van der Waals surface area contributed by atoms with Crippen LogP contribution in [0.1, 0.15) is 20.3 Å². The number of benzene rings is 1. The molecule has 0 aliphatic carbocycles. The Labute approximate surface area is 101 Å². The van der Waals surface area contributed by atoms with Gasteiger partial charge >= 0.3 is 0 Å². The molecule has 0 radical (unpaired) electrons. The van der Waals surface area contributed by atoms with Crippen molar-refractivity contribution < 1.29 is 13.3 Å². The zero-order valence-corrected chi connectivity index (χ0v) is 10.8. The normalized spacial score (nSPS) is 13.3. The molecule has 0 aromatic heterocycles. The van der Waals surface area contributed by atoms with Crippen molar-refractivity contribution >= 4 is 28.8 Å². The van der Waals surface area contributed by atoms with Gasteiger partial charge in [-0.2, -0.15) is 0 Å². The minimum absolute atomic E-state index is 0.0177. The highest BCUT2D eigenvalue weighted by molar-refractivity contribution is 7.92. The van der Waals surface area contributed by atoms with Crippen LogP contribution in [0.5, 0.6) is 0 Å². The summed E-state index contributed by atoms with van der Waals surface area (Å²) in [6.45, 7) is 3.37. The van der Waals surface area contributed by atoms with Crippen LogP contribution in [0.25, 0.3) is 0 Å². The number of nitro groups is 1. The summed E-state index contributed by atoms with van der Waals surface area (Å²) in [6, 6.07) is 4.02. The molecule has 0 saturated carbocycles. The molecule has 1 aromatic rings. The molecule has 92 valence electrons. The third-order valence-corrected chi connectivity index (χ3v) is 5.11. The Bertz CT molecular complexity index is 541. The van der Waals surface area contributed by atoms with E-state index in [1.54, 1.807) is 21.7 Å². The lowest BCUT2D eigenvalue weighted by Crippen LogP contribution is -2.18. The van der Waals surface area contributed by atoms with E-state index in [0.29, 0.717) is 11.9 Å². The van der Waals surface area contributed by atoms with Crippen LogP contribution in [0.3, 0.4) is 0 Å². The van der Waals surface area contributed by atoms with E-state index in [1.165, 1.54) is 12.1 Å². The Kier molecular flexibility index (Phi) is 3.92. The molecule has 0 aliphatic heterocycles. The van der Waals surface area contributed by atoms with Gasteiger partial charge < -0.3 is 0 Å². The second kappa shape index (κ2) is 4.87. The van der Waals surface area contributed by atoms with Gasteiger partial charge in [-0.15, -0.1) is 0 Å². The summed E-state index contributed by atoms with van der Waals surface area (Å²) in [7, 11) is -1.89. The maximum absolute atomic E-state index is 12.0. The lowest BCUT2D eigenvalue weighted by atomic mass is 9.94. The molecule has 0 fully saturated rings. The molecule has 0 spiro atoms. The smallest absolute Gasteiger partial charge is 0.258 e. The van der Waals surface area contributed by atoms with E-state index >= 15 is 0 Å². The fourth-order valence-electron chi connectivity index (χ4n) is 1.41. The fourth-order valence-corrected chi connectivity index (χ4v) is 2.85. The summed E-state index contributed by atoms with van der Waals surface area (Å²) in [5, 5.41) is 10.2. The number of hydrogen-bond acceptors (Lipinski definition) is 4. The number of hydrogen-bond donors (Lipinski definition) is 0. The summed E-state index contributed by atoms with van der Waals surface area (Å²) in [5.74, 6) is 0. The maximum Gasteiger partial charge on any atom is 0.264 e. The van der Waals surface area contributed by atoms with Crippen molar-refractivity contribution in [3.8, 4) is 0 Å². The van der Waals surface area contributed by atoms with Crippen molar-refractivity contribution in [3.63, 3.8) is 0 Å². The summed E-state index contributed by atoms with van der Waals surface area (Å²) in [5.41, 5.74) is 0.299. The molecule has 1 rings (SSSR count). The maximum atomic E-state index is 12.0. The first-order chi connectivity index (χ1) is 7.80. The van der Waals surface area contributed by atoms with Gasteiger partial charge in [0, 0.05) is 6.07 Å². The second-order valence-corrected chi connectivity index (χ2v) is 6.34. The molecular weight excluding hydrogens is 241 g/mol. The van der Waals surface area contributed by atoms with E-state index in [2.05, 4.69) is 0 Å². The Hall–Kier alpha value is -1.37. The first-order valence-corrected chi connectivity index (χ1v) is 6.84. The molecule has 0 aliphatic rings. The van der Waals surface area contributed by atoms with Gasteiger partial charge in [-0.3, -0.25) is 10.1 Å². The lowest BCUT2D eigenvalue weighted by molar-refractivity contribution is -0.383. The molecule has 0 heterocycles. The van der Waals surface area contributed by atoms with E-state index in [4.69, 9.17) is 0 Å². The van der Waals surface area contributed by atoms with Gasteiger partial charge in [0.25, 0.3) is 5.69 Å². The SMILES string of the molecule is Bc1ccc(S(=O)(=O)C(C)CC)cc1[N+](=O)[O-]. The zero-order chi connectivity index (χ0) is 13.2. The molecule has 0 amide bonds. The molecule has 0 N–H and O–H groups in total. The highest BCUT2D eigenvalue weighted by Gasteiger charge is 2.24. The van der Waals surface area contributed by atoms with Crippen LogP contribution >= 0.6 is 0 Å². The molecule has 17 heavy (non-hydrogen) atoms. The lowest BCUT2D eigenvalue weighted by Gasteiger charge is -2.10. The van der Waals surface area contributed by atoms with Crippen molar-refractivity contribution in [1.29, 1.82) is 0 Å². The third-order valence-electron chi connectivity index (χ3n) is 2.81. The molecule has 5 nitrogen and oxygen atoms in total. The van der Waals surface area contributed by atoms with E-state index in [0.717, 1.165) is 6.07 Å². The summed E-state index contributed by atoms with van der Waals surface area (Å²) in [6.07, 6.45) is 0.476. The Balaban J connectivity index is 3.35. The zero-order valence-electron chi connectivity index (χ0n) is 10.0. The predicted molar refractivity (Wildman–Crippen MR) is 68.2 cm³/mol. The number of nitrogens with zero attached hydrogens (tertiary/aromatic N) is 1. The van der Waals surface area contributed by atoms with Gasteiger partial charge in [-0.05, 0) is 24.9 Å². The van der Waals surface area contributed by atoms with Gasteiger partial charge in [0.05, 0.1) is 15.1 Å². The summed E-state index contributed by atoms with van der Waals surface area (Å²) >= 11 is 0. The molecule has 1 unspecified atom stereocenters. The van der Waals surface area contributed by atoms with E-state index in [9.17, 15) is 18.5 Å². The minimum atomic E-state index is -3.47. The van der Waals surface area contributed by atoms with Gasteiger partial charge in [0.1, 0.15) is 7.85 Å². The predicted octanol–water partition coefficient (Wildman–Crippen LogP) is 0.425. The standard InChI is InChI=1S/C10H14BNO4S/c1-3-7(2)17(15,16)8-4-5-9(11)10(6-8)12(13)14/h4-7H,3,11H2,1-2H3. The molecule has 0 saturated heterocycles. The Morgan fingerprint density at radius 3 is 2.53 bits per heavy atom. The second-order valence-electron chi connectivity index (χ2n) is 3.97. The summed E-state index contributed by atoms with van der Waals surface area (Å²) in [4.78, 5) is 10.2. The Morgan fingerprint density at radius 2 is 2.06 bits per heavy atom. The van der Waals surface area contributed by atoms with Crippen LogP contribution in [0.2, 0.25) is 0 Å². The highest BCUT2D eigenvalue weighted by atomic mass is 32.2. The third kappa shape index (κ3) is 2.66. The molecule has 7 heteroatoms. The van der Waals surface area contributed by atoms with Gasteiger partial charge in [0.15, 0.2) is 9.84 Å². The largest absolute Gasteiger partial charge is 0.264 e. The highest BCUT2D eigenvalue weighted by Crippen LogP contribution is 2.21. The first kappa shape index (κ1) is 13.7. The molecule has 0 bridgehead atoms. The van der Waals surface area contributed by atoms with Crippen LogP contribution in [0.15, 0.2) is 23.1 Å². The first-order valence-electron chi connectivity index (χ1n) is 5.29. The topological polar surface area (TPSA) is 77.3 Å². The quantitative estimate of drug-likeness (QED) is 0.444. The van der Waals surface area contributed by atoms with Crippen LogP contribution in [0.4, 0.5) is 5.69 Å². The monoisotopic (exact) mass is 255 g/mol. The Morgan fingerprint density at radius 1 is 1.47 bits per heavy atom. The van der Waals surface area contributed by atoms with Crippen molar-refractivity contribution in [2.45, 2.75) is 30.4 Å². The van der Waals surface area contributed by atoms with Crippen molar-refractivity contribution in [1.82, 2.24) is 0 Å². The average Bonchev–Trinajstić information content (AvgIpc) is 2.27. The van der Waals surface area contributed by atoms with E-state index in [-0.39, 0.29) is 10.6 Å². The van der Waals surface area contributed by atoms with Gasteiger partial charge in [-0.25, -0.2) is 8.42 Å². The van der Waals surface area contributed by atoms with Crippen LogP contribution in [0, 0.1) is 10.1 Å². The number of rotatable bonds is 4. The van der Waals surface area contributed by atoms with E-state index in [1.807, 2.05) is 0 Å². The van der Waals surface area contributed by atoms with Crippen LogP contribution < -0.4 is 5.46 Å². The summed E-state index contributed by atoms with van der Waals surface area (Å²) < 4.78 is 24.1. The van der Waals surface area contributed by atoms with Gasteiger partial charge in [-0.1, -0.05) is 13.0 Å².